The third kappa shape index (κ3) is 3.46. The van der Waals surface area contributed by atoms with Gasteiger partial charge in [0.2, 0.25) is 10.0 Å². The Morgan fingerprint density at radius 1 is 1.32 bits per heavy atom. The van der Waals surface area contributed by atoms with Gasteiger partial charge in [-0.25, -0.2) is 13.1 Å². The van der Waals surface area contributed by atoms with E-state index in [9.17, 15) is 8.42 Å². The summed E-state index contributed by atoms with van der Waals surface area (Å²) < 4.78 is 31.7. The number of benzene rings is 1. The van der Waals surface area contributed by atoms with Crippen LogP contribution < -0.4 is 10.0 Å². The molecular formula is C13H20N2O3S. The van der Waals surface area contributed by atoms with Crippen LogP contribution in [-0.2, 0) is 14.8 Å². The summed E-state index contributed by atoms with van der Waals surface area (Å²) in [4.78, 5) is 0.289. The van der Waals surface area contributed by atoms with Crippen molar-refractivity contribution in [2.24, 2.45) is 0 Å². The second-order valence-electron chi connectivity index (χ2n) is 4.75. The Kier molecular flexibility index (Phi) is 4.44. The van der Waals surface area contributed by atoms with E-state index in [0.29, 0.717) is 12.3 Å². The van der Waals surface area contributed by atoms with Crippen molar-refractivity contribution in [3.05, 3.63) is 24.3 Å². The summed E-state index contributed by atoms with van der Waals surface area (Å²) in [5, 5.41) is 3.32. The summed E-state index contributed by atoms with van der Waals surface area (Å²) in [5.74, 6) is 0. The standard InChI is InChI=1S/C13H20N2O3S/c1-10-9-11(7-8-18-10)15-12-5-3-4-6-13(12)19(16,17)14-2/h3-6,10-11,14-15H,7-9H2,1-2H3. The van der Waals surface area contributed by atoms with E-state index in [0.717, 1.165) is 12.8 Å². The van der Waals surface area contributed by atoms with E-state index in [-0.39, 0.29) is 17.0 Å². The van der Waals surface area contributed by atoms with Crippen LogP contribution in [0.4, 0.5) is 5.69 Å². The van der Waals surface area contributed by atoms with Gasteiger partial charge in [0.15, 0.2) is 0 Å². The molecule has 0 bridgehead atoms. The molecule has 1 aromatic carbocycles. The molecule has 1 aromatic rings. The first kappa shape index (κ1) is 14.3. The number of sulfonamides is 1. The molecule has 1 heterocycles. The van der Waals surface area contributed by atoms with E-state index in [4.69, 9.17) is 4.74 Å². The van der Waals surface area contributed by atoms with Crippen LogP contribution in [0.3, 0.4) is 0 Å². The lowest BCUT2D eigenvalue weighted by molar-refractivity contribution is 0.0232. The van der Waals surface area contributed by atoms with Gasteiger partial charge in [-0.05, 0) is 38.9 Å². The first-order valence-corrected chi connectivity index (χ1v) is 7.92. The average Bonchev–Trinajstić information content (AvgIpc) is 2.39. The fourth-order valence-corrected chi connectivity index (χ4v) is 3.17. The van der Waals surface area contributed by atoms with Crippen molar-refractivity contribution in [2.75, 3.05) is 19.0 Å². The largest absolute Gasteiger partial charge is 0.381 e. The summed E-state index contributed by atoms with van der Waals surface area (Å²) >= 11 is 0. The third-order valence-electron chi connectivity index (χ3n) is 3.29. The van der Waals surface area contributed by atoms with E-state index in [1.165, 1.54) is 7.05 Å². The van der Waals surface area contributed by atoms with Crippen LogP contribution in [-0.4, -0.2) is 34.2 Å². The van der Waals surface area contributed by atoms with Crippen LogP contribution in [0.2, 0.25) is 0 Å². The lowest BCUT2D eigenvalue weighted by Crippen LogP contribution is -2.33. The fraction of sp³-hybridized carbons (Fsp3) is 0.538. The maximum absolute atomic E-state index is 12.0. The van der Waals surface area contributed by atoms with E-state index in [1.54, 1.807) is 18.2 Å². The summed E-state index contributed by atoms with van der Waals surface area (Å²) in [6, 6.07) is 7.21. The zero-order chi connectivity index (χ0) is 13.9. The minimum absolute atomic E-state index is 0.208. The topological polar surface area (TPSA) is 67.4 Å². The molecule has 0 aromatic heterocycles. The highest BCUT2D eigenvalue weighted by Crippen LogP contribution is 2.24. The molecule has 1 fully saturated rings. The number of hydrogen-bond donors (Lipinski definition) is 2. The van der Waals surface area contributed by atoms with Gasteiger partial charge in [-0.3, -0.25) is 0 Å². The Morgan fingerprint density at radius 3 is 2.74 bits per heavy atom. The zero-order valence-electron chi connectivity index (χ0n) is 11.2. The molecule has 2 atom stereocenters. The minimum atomic E-state index is -3.44. The molecule has 1 saturated heterocycles. The van der Waals surface area contributed by atoms with E-state index in [2.05, 4.69) is 10.0 Å². The van der Waals surface area contributed by atoms with Gasteiger partial charge in [-0.1, -0.05) is 12.1 Å². The highest BCUT2D eigenvalue weighted by molar-refractivity contribution is 7.89. The molecule has 1 aliphatic rings. The molecule has 2 rings (SSSR count). The van der Waals surface area contributed by atoms with Gasteiger partial charge in [-0.2, -0.15) is 0 Å². The molecule has 0 amide bonds. The second-order valence-corrected chi connectivity index (χ2v) is 6.61. The van der Waals surface area contributed by atoms with Crippen LogP contribution in [0.1, 0.15) is 19.8 Å². The molecular weight excluding hydrogens is 264 g/mol. The number of anilines is 1. The fourth-order valence-electron chi connectivity index (χ4n) is 2.28. The van der Waals surface area contributed by atoms with Gasteiger partial charge in [0, 0.05) is 12.6 Å². The molecule has 2 unspecified atom stereocenters. The number of ether oxygens (including phenoxy) is 1. The van der Waals surface area contributed by atoms with Crippen molar-refractivity contribution in [2.45, 2.75) is 36.8 Å². The van der Waals surface area contributed by atoms with Gasteiger partial charge in [0.1, 0.15) is 4.90 Å². The summed E-state index contributed by atoms with van der Waals surface area (Å²) in [6.07, 6.45) is 1.98. The monoisotopic (exact) mass is 284 g/mol. The van der Waals surface area contributed by atoms with Crippen LogP contribution in [0.5, 0.6) is 0 Å². The van der Waals surface area contributed by atoms with Crippen molar-refractivity contribution < 1.29 is 13.2 Å². The SMILES string of the molecule is CNS(=O)(=O)c1ccccc1NC1CCOC(C)C1. The molecule has 6 heteroatoms. The maximum Gasteiger partial charge on any atom is 0.242 e. The predicted octanol–water partition coefficient (Wildman–Crippen LogP) is 1.57. The highest BCUT2D eigenvalue weighted by Gasteiger charge is 2.22. The molecule has 106 valence electrons. The smallest absolute Gasteiger partial charge is 0.242 e. The van der Waals surface area contributed by atoms with Gasteiger partial charge in [0.25, 0.3) is 0 Å². The van der Waals surface area contributed by atoms with Gasteiger partial charge >= 0.3 is 0 Å². The van der Waals surface area contributed by atoms with E-state index < -0.39 is 10.0 Å². The minimum Gasteiger partial charge on any atom is -0.381 e. The molecule has 2 N–H and O–H groups in total. The van der Waals surface area contributed by atoms with Crippen molar-refractivity contribution in [1.29, 1.82) is 0 Å². The van der Waals surface area contributed by atoms with Crippen LogP contribution in [0.25, 0.3) is 0 Å². The molecule has 0 radical (unpaired) electrons. The first-order valence-electron chi connectivity index (χ1n) is 6.43. The number of para-hydroxylation sites is 1. The van der Waals surface area contributed by atoms with E-state index >= 15 is 0 Å². The Labute approximate surface area is 114 Å². The lowest BCUT2D eigenvalue weighted by Gasteiger charge is -2.29. The van der Waals surface area contributed by atoms with Gasteiger partial charge in [0.05, 0.1) is 11.8 Å². The Bertz CT molecular complexity index is 530. The maximum atomic E-state index is 12.0. The van der Waals surface area contributed by atoms with Crippen molar-refractivity contribution in [3.63, 3.8) is 0 Å². The lowest BCUT2D eigenvalue weighted by atomic mass is 10.0. The predicted molar refractivity (Wildman–Crippen MR) is 74.7 cm³/mol. The third-order valence-corrected chi connectivity index (χ3v) is 4.76. The summed E-state index contributed by atoms with van der Waals surface area (Å²) in [6.45, 7) is 2.74. The summed E-state index contributed by atoms with van der Waals surface area (Å²) in [5.41, 5.74) is 0.649. The Balaban J connectivity index is 2.21. The summed E-state index contributed by atoms with van der Waals surface area (Å²) in [7, 11) is -2.02. The molecule has 1 aliphatic heterocycles. The molecule has 0 saturated carbocycles. The normalized spacial score (nSPS) is 24.1. The quantitative estimate of drug-likeness (QED) is 0.881. The first-order chi connectivity index (χ1) is 9.03. The van der Waals surface area contributed by atoms with Gasteiger partial charge in [-0.15, -0.1) is 0 Å². The average molecular weight is 284 g/mol. The molecule has 5 nitrogen and oxygen atoms in total. The second kappa shape index (κ2) is 5.90. The van der Waals surface area contributed by atoms with Crippen molar-refractivity contribution in [3.8, 4) is 0 Å². The van der Waals surface area contributed by atoms with Crippen LogP contribution in [0, 0.1) is 0 Å². The molecule has 19 heavy (non-hydrogen) atoms. The number of nitrogens with one attached hydrogen (secondary N) is 2. The van der Waals surface area contributed by atoms with Gasteiger partial charge < -0.3 is 10.1 Å². The molecule has 0 spiro atoms. The van der Waals surface area contributed by atoms with E-state index in [1.807, 2.05) is 13.0 Å². The molecule has 0 aliphatic carbocycles. The number of rotatable bonds is 4. The van der Waals surface area contributed by atoms with Crippen LogP contribution >= 0.6 is 0 Å². The Hall–Kier alpha value is -1.11. The Morgan fingerprint density at radius 2 is 2.05 bits per heavy atom. The number of hydrogen-bond acceptors (Lipinski definition) is 4. The highest BCUT2D eigenvalue weighted by atomic mass is 32.2. The van der Waals surface area contributed by atoms with Crippen molar-refractivity contribution >= 4 is 15.7 Å². The zero-order valence-corrected chi connectivity index (χ0v) is 12.0. The van der Waals surface area contributed by atoms with Crippen molar-refractivity contribution in [1.82, 2.24) is 4.72 Å². The van der Waals surface area contributed by atoms with Crippen LogP contribution in [0.15, 0.2) is 29.2 Å².